The van der Waals surface area contributed by atoms with Gasteiger partial charge in [-0.2, -0.15) is 0 Å². The first-order valence-corrected chi connectivity index (χ1v) is 8.42. The Kier molecular flexibility index (Phi) is 3.73. The number of halogens is 2. The van der Waals surface area contributed by atoms with E-state index in [2.05, 4.69) is 10.6 Å². The predicted octanol–water partition coefficient (Wildman–Crippen LogP) is 3.27. The summed E-state index contributed by atoms with van der Waals surface area (Å²) in [6.07, 6.45) is 0. The van der Waals surface area contributed by atoms with Crippen molar-refractivity contribution in [2.24, 2.45) is 0 Å². The van der Waals surface area contributed by atoms with Crippen molar-refractivity contribution < 1.29 is 18.4 Å². The number of hydrogen-bond acceptors (Lipinski definition) is 2. The highest BCUT2D eigenvalue weighted by atomic mass is 19.1. The molecule has 0 spiro atoms. The molecule has 2 heterocycles. The molecular weight excluding hydrogens is 350 g/mol. The van der Waals surface area contributed by atoms with Crippen molar-refractivity contribution in [1.29, 1.82) is 0 Å². The fourth-order valence-corrected chi connectivity index (χ4v) is 3.49. The minimum absolute atomic E-state index is 0.107. The molecule has 0 bridgehead atoms. The van der Waals surface area contributed by atoms with Gasteiger partial charge in [-0.1, -0.05) is 0 Å². The third kappa shape index (κ3) is 2.65. The van der Waals surface area contributed by atoms with E-state index in [-0.39, 0.29) is 22.4 Å². The first-order valence-electron chi connectivity index (χ1n) is 8.42. The van der Waals surface area contributed by atoms with Crippen LogP contribution < -0.4 is 10.6 Å². The number of carbonyl (C=O) groups is 2. The van der Waals surface area contributed by atoms with Crippen LogP contribution in [0.2, 0.25) is 0 Å². The first-order chi connectivity index (χ1) is 12.8. The van der Waals surface area contributed by atoms with E-state index < -0.39 is 23.4 Å². The molecule has 136 valence electrons. The van der Waals surface area contributed by atoms with Gasteiger partial charge in [0.25, 0.3) is 11.8 Å². The molecular formula is C21H16F2N2O2. The highest BCUT2D eigenvalue weighted by molar-refractivity contribution is 6.30. The molecule has 27 heavy (non-hydrogen) atoms. The Labute approximate surface area is 154 Å². The standard InChI is InChI=1S/C21H16F2N2O2/c1-9-4-12(5-10(2)11(9)3)18-16-17(21(27)24-18)19(25-20(16)26)13-6-14(22)8-15(23)7-13/h4-8H,1-3H3,(H,24,27)(H,25,26). The molecule has 4 rings (SSSR count). The lowest BCUT2D eigenvalue weighted by Gasteiger charge is -2.11. The smallest absolute Gasteiger partial charge is 0.258 e. The number of rotatable bonds is 2. The third-order valence-electron chi connectivity index (χ3n) is 5.05. The van der Waals surface area contributed by atoms with Gasteiger partial charge in [-0.15, -0.1) is 0 Å². The molecule has 0 fully saturated rings. The maximum Gasteiger partial charge on any atom is 0.258 e. The van der Waals surface area contributed by atoms with Crippen LogP contribution in [0, 0.1) is 32.4 Å². The largest absolute Gasteiger partial charge is 0.321 e. The Morgan fingerprint density at radius 1 is 0.667 bits per heavy atom. The maximum absolute atomic E-state index is 13.6. The van der Waals surface area contributed by atoms with Crippen LogP contribution in [-0.4, -0.2) is 11.8 Å². The lowest BCUT2D eigenvalue weighted by Crippen LogP contribution is -2.21. The van der Waals surface area contributed by atoms with Crippen LogP contribution in [-0.2, 0) is 9.59 Å². The van der Waals surface area contributed by atoms with Crippen molar-refractivity contribution in [3.63, 3.8) is 0 Å². The monoisotopic (exact) mass is 366 g/mol. The number of benzene rings is 2. The summed E-state index contributed by atoms with van der Waals surface area (Å²) in [7, 11) is 0. The molecule has 0 aromatic heterocycles. The Balaban J connectivity index is 1.93. The predicted molar refractivity (Wildman–Crippen MR) is 97.1 cm³/mol. The minimum Gasteiger partial charge on any atom is -0.321 e. The first kappa shape index (κ1) is 17.1. The molecule has 0 radical (unpaired) electrons. The highest BCUT2D eigenvalue weighted by Crippen LogP contribution is 2.38. The lowest BCUT2D eigenvalue weighted by atomic mass is 9.96. The van der Waals surface area contributed by atoms with Gasteiger partial charge in [-0.05, 0) is 67.3 Å². The van der Waals surface area contributed by atoms with E-state index in [0.717, 1.165) is 40.5 Å². The van der Waals surface area contributed by atoms with Gasteiger partial charge in [0.05, 0.1) is 22.5 Å². The van der Waals surface area contributed by atoms with Gasteiger partial charge in [0.15, 0.2) is 0 Å². The summed E-state index contributed by atoms with van der Waals surface area (Å²) in [6.45, 7) is 5.92. The van der Waals surface area contributed by atoms with Gasteiger partial charge in [0, 0.05) is 11.6 Å². The SMILES string of the molecule is Cc1cc(C2=C3C(=O)NC(c4cc(F)cc(F)c4)=C3C(=O)N2)cc(C)c1C. The summed E-state index contributed by atoms with van der Waals surface area (Å²) in [5.74, 6) is -2.52. The zero-order valence-corrected chi connectivity index (χ0v) is 15.0. The van der Waals surface area contributed by atoms with Gasteiger partial charge in [-0.3, -0.25) is 9.59 Å². The summed E-state index contributed by atoms with van der Waals surface area (Å²) in [4.78, 5) is 25.2. The van der Waals surface area contributed by atoms with Gasteiger partial charge < -0.3 is 10.6 Å². The number of hydrogen-bond donors (Lipinski definition) is 2. The number of fused-ring (bicyclic) bond motifs is 1. The molecule has 0 aliphatic carbocycles. The van der Waals surface area contributed by atoms with Gasteiger partial charge in [0.1, 0.15) is 11.6 Å². The van der Waals surface area contributed by atoms with E-state index in [1.807, 2.05) is 32.9 Å². The molecule has 0 atom stereocenters. The third-order valence-corrected chi connectivity index (χ3v) is 5.05. The summed E-state index contributed by atoms with van der Waals surface area (Å²) in [5, 5.41) is 5.33. The molecule has 2 aromatic rings. The van der Waals surface area contributed by atoms with Gasteiger partial charge in [0.2, 0.25) is 0 Å². The van der Waals surface area contributed by atoms with Crippen molar-refractivity contribution in [2.75, 3.05) is 0 Å². The number of carbonyl (C=O) groups excluding carboxylic acids is 2. The fourth-order valence-electron chi connectivity index (χ4n) is 3.49. The molecule has 4 nitrogen and oxygen atoms in total. The molecule has 0 saturated carbocycles. The molecule has 2 aliphatic rings. The fraction of sp³-hybridized carbons (Fsp3) is 0.143. The van der Waals surface area contributed by atoms with E-state index >= 15 is 0 Å². The van der Waals surface area contributed by atoms with Crippen LogP contribution in [0.1, 0.15) is 27.8 Å². The van der Waals surface area contributed by atoms with Crippen LogP contribution in [0.4, 0.5) is 8.78 Å². The van der Waals surface area contributed by atoms with E-state index in [1.165, 1.54) is 0 Å². The average molecular weight is 366 g/mol. The zero-order chi connectivity index (χ0) is 19.5. The Hall–Kier alpha value is -3.28. The quantitative estimate of drug-likeness (QED) is 0.857. The number of amides is 2. The summed E-state index contributed by atoms with van der Waals surface area (Å²) < 4.78 is 27.2. The van der Waals surface area contributed by atoms with Gasteiger partial charge >= 0.3 is 0 Å². The van der Waals surface area contributed by atoms with Crippen molar-refractivity contribution in [3.05, 3.63) is 80.9 Å². The van der Waals surface area contributed by atoms with Crippen LogP contribution in [0.5, 0.6) is 0 Å². The van der Waals surface area contributed by atoms with Gasteiger partial charge in [-0.25, -0.2) is 8.78 Å². The van der Waals surface area contributed by atoms with Crippen molar-refractivity contribution in [2.45, 2.75) is 20.8 Å². The lowest BCUT2D eigenvalue weighted by molar-refractivity contribution is -0.117. The van der Waals surface area contributed by atoms with Crippen molar-refractivity contribution in [3.8, 4) is 0 Å². The molecule has 2 N–H and O–H groups in total. The molecule has 2 aromatic carbocycles. The topological polar surface area (TPSA) is 58.2 Å². The number of aryl methyl sites for hydroxylation is 2. The normalized spacial score (nSPS) is 16.0. The second kappa shape index (κ2) is 5.87. The maximum atomic E-state index is 13.6. The van der Waals surface area contributed by atoms with Crippen molar-refractivity contribution >= 4 is 23.2 Å². The second-order valence-corrected chi connectivity index (χ2v) is 6.80. The Morgan fingerprint density at radius 2 is 1.07 bits per heavy atom. The highest BCUT2D eigenvalue weighted by Gasteiger charge is 2.41. The van der Waals surface area contributed by atoms with E-state index in [0.29, 0.717) is 5.70 Å². The summed E-state index contributed by atoms with van der Waals surface area (Å²) >= 11 is 0. The van der Waals surface area contributed by atoms with Crippen LogP contribution >= 0.6 is 0 Å². The Morgan fingerprint density at radius 3 is 1.52 bits per heavy atom. The second-order valence-electron chi connectivity index (χ2n) is 6.80. The molecule has 2 aliphatic heterocycles. The molecule has 0 unspecified atom stereocenters. The molecule has 2 amide bonds. The summed E-state index contributed by atoms with van der Waals surface area (Å²) in [5.41, 5.74) is 4.86. The Bertz CT molecular complexity index is 1070. The minimum atomic E-state index is -0.784. The molecule has 6 heteroatoms. The summed E-state index contributed by atoms with van der Waals surface area (Å²) in [6, 6.07) is 6.71. The van der Waals surface area contributed by atoms with E-state index in [1.54, 1.807) is 0 Å². The van der Waals surface area contributed by atoms with Crippen LogP contribution in [0.3, 0.4) is 0 Å². The van der Waals surface area contributed by atoms with E-state index in [4.69, 9.17) is 0 Å². The number of nitrogens with one attached hydrogen (secondary N) is 2. The van der Waals surface area contributed by atoms with Crippen LogP contribution in [0.25, 0.3) is 11.4 Å². The van der Waals surface area contributed by atoms with E-state index in [9.17, 15) is 18.4 Å². The van der Waals surface area contributed by atoms with Crippen LogP contribution in [0.15, 0.2) is 41.5 Å². The zero-order valence-electron chi connectivity index (χ0n) is 15.0. The average Bonchev–Trinajstić information content (AvgIpc) is 3.10. The van der Waals surface area contributed by atoms with Crippen molar-refractivity contribution in [1.82, 2.24) is 10.6 Å². The molecule has 0 saturated heterocycles.